The number of rotatable bonds is 4. The lowest BCUT2D eigenvalue weighted by molar-refractivity contribution is 0.133. The van der Waals surface area contributed by atoms with Gasteiger partial charge in [-0.1, -0.05) is 6.07 Å². The van der Waals surface area contributed by atoms with Crippen molar-refractivity contribution < 1.29 is 4.39 Å². The molecule has 1 aromatic heterocycles. The van der Waals surface area contributed by atoms with E-state index in [1.165, 1.54) is 43.1 Å². The second-order valence-electron chi connectivity index (χ2n) is 7.02. The number of piperidine rings is 1. The van der Waals surface area contributed by atoms with E-state index in [0.29, 0.717) is 5.69 Å². The van der Waals surface area contributed by atoms with Gasteiger partial charge in [-0.25, -0.2) is 14.1 Å². The Kier molecular flexibility index (Phi) is 4.58. The SMILES string of the molecule is Fc1cc(CN2CCCC(C3CCNC3)C2)ccc1-n1cncn1. The van der Waals surface area contributed by atoms with E-state index < -0.39 is 0 Å². The molecular weight excluding hydrogens is 305 g/mol. The van der Waals surface area contributed by atoms with Gasteiger partial charge < -0.3 is 5.32 Å². The van der Waals surface area contributed by atoms with Gasteiger partial charge in [-0.2, -0.15) is 5.10 Å². The van der Waals surface area contributed by atoms with Crippen molar-refractivity contribution in [3.05, 3.63) is 42.2 Å². The van der Waals surface area contributed by atoms with Gasteiger partial charge in [-0.3, -0.25) is 4.90 Å². The fraction of sp³-hybridized carbons (Fsp3) is 0.556. The first-order chi connectivity index (χ1) is 11.8. The molecule has 4 rings (SSSR count). The van der Waals surface area contributed by atoms with Crippen molar-refractivity contribution in [2.75, 3.05) is 26.2 Å². The molecule has 1 aromatic carbocycles. The molecule has 0 aliphatic carbocycles. The first-order valence-electron chi connectivity index (χ1n) is 8.86. The molecule has 2 atom stereocenters. The summed E-state index contributed by atoms with van der Waals surface area (Å²) in [5, 5.41) is 7.48. The van der Waals surface area contributed by atoms with Crippen molar-refractivity contribution in [2.45, 2.75) is 25.8 Å². The van der Waals surface area contributed by atoms with E-state index in [9.17, 15) is 4.39 Å². The lowest BCUT2D eigenvalue weighted by Crippen LogP contribution is -2.38. The van der Waals surface area contributed by atoms with Gasteiger partial charge in [0.15, 0.2) is 0 Å². The molecule has 2 unspecified atom stereocenters. The van der Waals surface area contributed by atoms with Crippen LogP contribution in [0.15, 0.2) is 30.9 Å². The van der Waals surface area contributed by atoms with Gasteiger partial charge in [0.25, 0.3) is 0 Å². The molecule has 0 spiro atoms. The number of halogens is 1. The van der Waals surface area contributed by atoms with Gasteiger partial charge in [0.1, 0.15) is 24.2 Å². The Bertz CT molecular complexity index is 666. The molecular formula is C18H24FN5. The van der Waals surface area contributed by atoms with Crippen LogP contribution in [-0.4, -0.2) is 45.8 Å². The Morgan fingerprint density at radius 2 is 2.21 bits per heavy atom. The second kappa shape index (κ2) is 6.99. The number of hydrogen-bond donors (Lipinski definition) is 1. The Labute approximate surface area is 141 Å². The average Bonchev–Trinajstić information content (AvgIpc) is 3.29. The minimum absolute atomic E-state index is 0.244. The molecule has 5 nitrogen and oxygen atoms in total. The first kappa shape index (κ1) is 15.7. The van der Waals surface area contributed by atoms with E-state index in [4.69, 9.17) is 0 Å². The molecule has 0 radical (unpaired) electrons. The smallest absolute Gasteiger partial charge is 0.149 e. The van der Waals surface area contributed by atoms with E-state index in [2.05, 4.69) is 20.3 Å². The molecule has 0 amide bonds. The van der Waals surface area contributed by atoms with Gasteiger partial charge in [0.2, 0.25) is 0 Å². The monoisotopic (exact) mass is 329 g/mol. The Balaban J connectivity index is 1.42. The molecule has 2 aromatic rings. The van der Waals surface area contributed by atoms with Crippen LogP contribution >= 0.6 is 0 Å². The van der Waals surface area contributed by atoms with Crippen LogP contribution in [0, 0.1) is 17.7 Å². The van der Waals surface area contributed by atoms with Gasteiger partial charge >= 0.3 is 0 Å². The summed E-state index contributed by atoms with van der Waals surface area (Å²) in [6.07, 6.45) is 6.82. The third kappa shape index (κ3) is 3.35. The maximum absolute atomic E-state index is 14.4. The molecule has 2 fully saturated rings. The lowest BCUT2D eigenvalue weighted by Gasteiger charge is -2.35. The van der Waals surface area contributed by atoms with E-state index in [1.807, 2.05) is 6.07 Å². The molecule has 0 bridgehead atoms. The normalized spacial score (nSPS) is 25.2. The number of benzene rings is 1. The maximum atomic E-state index is 14.4. The standard InChI is InChI=1S/C18H24FN5/c19-17-8-14(3-4-18(17)24-13-21-12-22-24)10-23-7-1-2-16(11-23)15-5-6-20-9-15/h3-4,8,12-13,15-16,20H,1-2,5-7,9-11H2. The maximum Gasteiger partial charge on any atom is 0.149 e. The van der Waals surface area contributed by atoms with Crippen molar-refractivity contribution in [3.63, 3.8) is 0 Å². The van der Waals surface area contributed by atoms with Crippen LogP contribution in [-0.2, 0) is 6.54 Å². The summed E-state index contributed by atoms with van der Waals surface area (Å²) >= 11 is 0. The van der Waals surface area contributed by atoms with Crippen molar-refractivity contribution in [1.82, 2.24) is 25.0 Å². The van der Waals surface area contributed by atoms with E-state index in [-0.39, 0.29) is 5.82 Å². The van der Waals surface area contributed by atoms with E-state index in [0.717, 1.165) is 43.6 Å². The summed E-state index contributed by atoms with van der Waals surface area (Å²) in [7, 11) is 0. The zero-order valence-corrected chi connectivity index (χ0v) is 13.9. The Hall–Kier alpha value is -1.79. The van der Waals surface area contributed by atoms with Crippen LogP contribution in [0.4, 0.5) is 4.39 Å². The molecule has 24 heavy (non-hydrogen) atoms. The zero-order chi connectivity index (χ0) is 16.4. The number of likely N-dealkylation sites (tertiary alicyclic amines) is 1. The van der Waals surface area contributed by atoms with Crippen molar-refractivity contribution in [2.24, 2.45) is 11.8 Å². The highest BCUT2D eigenvalue weighted by Gasteiger charge is 2.29. The van der Waals surface area contributed by atoms with Crippen LogP contribution in [0.2, 0.25) is 0 Å². The number of hydrogen-bond acceptors (Lipinski definition) is 4. The summed E-state index contributed by atoms with van der Waals surface area (Å²) < 4.78 is 15.8. The minimum atomic E-state index is -0.244. The van der Waals surface area contributed by atoms with Crippen molar-refractivity contribution >= 4 is 0 Å². The predicted molar refractivity (Wildman–Crippen MR) is 90.3 cm³/mol. The second-order valence-corrected chi connectivity index (χ2v) is 7.02. The highest BCUT2D eigenvalue weighted by Crippen LogP contribution is 2.29. The quantitative estimate of drug-likeness (QED) is 0.934. The third-order valence-corrected chi connectivity index (χ3v) is 5.39. The summed E-state index contributed by atoms with van der Waals surface area (Å²) in [5.41, 5.74) is 1.48. The van der Waals surface area contributed by atoms with Crippen LogP contribution in [0.5, 0.6) is 0 Å². The van der Waals surface area contributed by atoms with Crippen molar-refractivity contribution in [1.29, 1.82) is 0 Å². The summed E-state index contributed by atoms with van der Waals surface area (Å²) in [6.45, 7) is 5.41. The summed E-state index contributed by atoms with van der Waals surface area (Å²) in [4.78, 5) is 6.36. The molecule has 2 saturated heterocycles. The zero-order valence-electron chi connectivity index (χ0n) is 13.9. The topological polar surface area (TPSA) is 46.0 Å². The fourth-order valence-corrected chi connectivity index (χ4v) is 4.12. The number of aromatic nitrogens is 3. The van der Waals surface area contributed by atoms with Crippen LogP contribution < -0.4 is 5.32 Å². The largest absolute Gasteiger partial charge is 0.316 e. The van der Waals surface area contributed by atoms with Gasteiger partial charge in [-0.05, 0) is 68.4 Å². The van der Waals surface area contributed by atoms with Crippen LogP contribution in [0.25, 0.3) is 5.69 Å². The minimum Gasteiger partial charge on any atom is -0.316 e. The summed E-state index contributed by atoms with van der Waals surface area (Å²) in [5.74, 6) is 1.36. The van der Waals surface area contributed by atoms with Crippen LogP contribution in [0.3, 0.4) is 0 Å². The third-order valence-electron chi connectivity index (χ3n) is 5.39. The van der Waals surface area contributed by atoms with Gasteiger partial charge in [-0.15, -0.1) is 0 Å². The first-order valence-corrected chi connectivity index (χ1v) is 8.86. The molecule has 2 aliphatic heterocycles. The average molecular weight is 329 g/mol. The Morgan fingerprint density at radius 3 is 2.96 bits per heavy atom. The lowest BCUT2D eigenvalue weighted by atomic mass is 9.85. The highest BCUT2D eigenvalue weighted by molar-refractivity contribution is 5.35. The molecule has 6 heteroatoms. The van der Waals surface area contributed by atoms with E-state index in [1.54, 1.807) is 12.1 Å². The molecule has 1 N–H and O–H groups in total. The molecule has 0 saturated carbocycles. The Morgan fingerprint density at radius 1 is 1.25 bits per heavy atom. The van der Waals surface area contributed by atoms with Crippen LogP contribution in [0.1, 0.15) is 24.8 Å². The predicted octanol–water partition coefficient (Wildman–Crippen LogP) is 2.23. The fourth-order valence-electron chi connectivity index (χ4n) is 4.12. The molecule has 3 heterocycles. The van der Waals surface area contributed by atoms with Gasteiger partial charge in [0.05, 0.1) is 0 Å². The van der Waals surface area contributed by atoms with Crippen molar-refractivity contribution in [3.8, 4) is 5.69 Å². The molecule has 128 valence electrons. The summed E-state index contributed by atoms with van der Waals surface area (Å²) in [6, 6.07) is 5.43. The number of nitrogens with one attached hydrogen (secondary N) is 1. The van der Waals surface area contributed by atoms with E-state index >= 15 is 0 Å². The molecule has 2 aliphatic rings. The highest BCUT2D eigenvalue weighted by atomic mass is 19.1. The van der Waals surface area contributed by atoms with Gasteiger partial charge in [0, 0.05) is 13.1 Å². The number of nitrogens with zero attached hydrogens (tertiary/aromatic N) is 4.